The van der Waals surface area contributed by atoms with Gasteiger partial charge in [0.05, 0.1) is 6.04 Å². The van der Waals surface area contributed by atoms with Crippen molar-refractivity contribution in [2.45, 2.75) is 31.7 Å². The molecule has 0 amide bonds. The van der Waals surface area contributed by atoms with E-state index in [9.17, 15) is 4.79 Å². The zero-order chi connectivity index (χ0) is 14.5. The fourth-order valence-corrected chi connectivity index (χ4v) is 2.91. The Balaban J connectivity index is 1.76. The average molecular weight is 279 g/mol. The third-order valence-corrected chi connectivity index (χ3v) is 4.15. The van der Waals surface area contributed by atoms with E-state index >= 15 is 0 Å². The van der Waals surface area contributed by atoms with Gasteiger partial charge in [0.2, 0.25) is 0 Å². The van der Waals surface area contributed by atoms with Crippen LogP contribution in [0.1, 0.15) is 36.0 Å². The van der Waals surface area contributed by atoms with Gasteiger partial charge in [-0.15, -0.1) is 0 Å². The molecule has 1 atom stereocenters. The number of Topliss-reactive ketones (excluding diaryl/α,β-unsaturated/α-hetero) is 1. The predicted molar refractivity (Wildman–Crippen MR) is 86.5 cm³/mol. The zero-order valence-corrected chi connectivity index (χ0v) is 12.2. The van der Waals surface area contributed by atoms with E-state index in [1.807, 2.05) is 42.5 Å². The summed E-state index contributed by atoms with van der Waals surface area (Å²) in [6, 6.07) is 18.2. The number of ketones is 1. The topological polar surface area (TPSA) is 29.1 Å². The molecule has 1 saturated heterocycles. The number of benzene rings is 2. The second-order valence-corrected chi connectivity index (χ2v) is 5.66. The molecule has 0 radical (unpaired) electrons. The van der Waals surface area contributed by atoms with Gasteiger partial charge in [0.25, 0.3) is 0 Å². The average Bonchev–Trinajstić information content (AvgIpc) is 2.84. The minimum atomic E-state index is -0.00456. The highest BCUT2D eigenvalue weighted by atomic mass is 16.1. The van der Waals surface area contributed by atoms with Crippen LogP contribution in [0.2, 0.25) is 0 Å². The molecule has 0 saturated carbocycles. The molecule has 1 fully saturated rings. The number of hydrogen-bond acceptors (Lipinski definition) is 2. The van der Waals surface area contributed by atoms with E-state index in [1.165, 1.54) is 18.4 Å². The molecule has 0 spiro atoms. The van der Waals surface area contributed by atoms with Crippen LogP contribution < -0.4 is 5.32 Å². The van der Waals surface area contributed by atoms with Crippen LogP contribution in [0.5, 0.6) is 0 Å². The minimum absolute atomic E-state index is 0.00456. The Morgan fingerprint density at radius 2 is 1.57 bits per heavy atom. The molecular formula is C19H21NO. The summed E-state index contributed by atoms with van der Waals surface area (Å²) in [5.41, 5.74) is 3.15. The van der Waals surface area contributed by atoms with E-state index in [-0.39, 0.29) is 11.8 Å². The molecule has 1 aliphatic rings. The summed E-state index contributed by atoms with van der Waals surface area (Å²) < 4.78 is 0. The Kier molecular flexibility index (Phi) is 4.46. The van der Waals surface area contributed by atoms with Crippen LogP contribution in [0.3, 0.4) is 0 Å². The van der Waals surface area contributed by atoms with Gasteiger partial charge in [-0.2, -0.15) is 0 Å². The number of carbonyl (C=O) groups is 1. The first-order valence-electron chi connectivity index (χ1n) is 7.78. The van der Waals surface area contributed by atoms with E-state index in [0.717, 1.165) is 30.5 Å². The maximum atomic E-state index is 12.5. The van der Waals surface area contributed by atoms with Crippen molar-refractivity contribution in [2.75, 3.05) is 6.54 Å². The highest BCUT2D eigenvalue weighted by molar-refractivity contribution is 6.00. The van der Waals surface area contributed by atoms with E-state index in [2.05, 4.69) is 17.4 Å². The second-order valence-electron chi connectivity index (χ2n) is 5.66. The predicted octanol–water partition coefficient (Wildman–Crippen LogP) is 4.07. The first-order valence-corrected chi connectivity index (χ1v) is 7.78. The lowest BCUT2D eigenvalue weighted by Crippen LogP contribution is -2.35. The van der Waals surface area contributed by atoms with Crippen LogP contribution in [0.4, 0.5) is 0 Å². The van der Waals surface area contributed by atoms with Gasteiger partial charge in [-0.1, -0.05) is 67.4 Å². The molecule has 0 bridgehead atoms. The molecule has 2 aromatic rings. The summed E-state index contributed by atoms with van der Waals surface area (Å²) in [7, 11) is 0. The Morgan fingerprint density at radius 1 is 0.857 bits per heavy atom. The molecule has 21 heavy (non-hydrogen) atoms. The van der Waals surface area contributed by atoms with Crippen LogP contribution in [0.25, 0.3) is 11.1 Å². The quantitative estimate of drug-likeness (QED) is 0.858. The van der Waals surface area contributed by atoms with Gasteiger partial charge < -0.3 is 5.32 Å². The molecule has 2 aromatic carbocycles. The van der Waals surface area contributed by atoms with Crippen molar-refractivity contribution in [3.8, 4) is 11.1 Å². The Labute approximate surface area is 126 Å². The standard InChI is InChI=1S/C19H21NO/c21-19(18-9-5-2-6-14-20-18)17-12-10-16(11-13-17)15-7-3-1-4-8-15/h1,3-4,7-8,10-13,18,20H,2,5-6,9,14H2. The highest BCUT2D eigenvalue weighted by Gasteiger charge is 2.20. The maximum Gasteiger partial charge on any atom is 0.179 e. The number of carbonyl (C=O) groups excluding carboxylic acids is 1. The van der Waals surface area contributed by atoms with Crippen LogP contribution >= 0.6 is 0 Å². The van der Waals surface area contributed by atoms with Gasteiger partial charge in [-0.25, -0.2) is 0 Å². The third kappa shape index (κ3) is 3.40. The van der Waals surface area contributed by atoms with Gasteiger partial charge >= 0.3 is 0 Å². The van der Waals surface area contributed by atoms with Gasteiger partial charge in [0.15, 0.2) is 5.78 Å². The van der Waals surface area contributed by atoms with Crippen LogP contribution in [0, 0.1) is 0 Å². The molecule has 2 nitrogen and oxygen atoms in total. The SMILES string of the molecule is O=C(c1ccc(-c2ccccc2)cc1)C1CCCCCN1. The van der Waals surface area contributed by atoms with Crippen molar-refractivity contribution in [3.05, 3.63) is 60.2 Å². The summed E-state index contributed by atoms with van der Waals surface area (Å²) in [4.78, 5) is 12.5. The number of hydrogen-bond donors (Lipinski definition) is 1. The first kappa shape index (κ1) is 14.0. The van der Waals surface area contributed by atoms with Gasteiger partial charge in [-0.3, -0.25) is 4.79 Å². The maximum absolute atomic E-state index is 12.5. The van der Waals surface area contributed by atoms with E-state index in [4.69, 9.17) is 0 Å². The molecular weight excluding hydrogens is 258 g/mol. The monoisotopic (exact) mass is 279 g/mol. The fourth-order valence-electron chi connectivity index (χ4n) is 2.91. The minimum Gasteiger partial charge on any atom is -0.307 e. The fraction of sp³-hybridized carbons (Fsp3) is 0.316. The lowest BCUT2D eigenvalue weighted by atomic mass is 9.97. The molecule has 3 rings (SSSR count). The first-order chi connectivity index (χ1) is 10.3. The van der Waals surface area contributed by atoms with E-state index in [1.54, 1.807) is 0 Å². The van der Waals surface area contributed by atoms with Gasteiger partial charge in [0, 0.05) is 5.56 Å². The molecule has 1 unspecified atom stereocenters. The van der Waals surface area contributed by atoms with Crippen LogP contribution in [-0.2, 0) is 0 Å². The Hall–Kier alpha value is -1.93. The second kappa shape index (κ2) is 6.68. The summed E-state index contributed by atoms with van der Waals surface area (Å²) in [6.07, 6.45) is 4.51. The summed E-state index contributed by atoms with van der Waals surface area (Å²) in [5.74, 6) is 0.233. The number of rotatable bonds is 3. The van der Waals surface area contributed by atoms with Crippen molar-refractivity contribution in [1.82, 2.24) is 5.32 Å². The smallest absolute Gasteiger partial charge is 0.179 e. The largest absolute Gasteiger partial charge is 0.307 e. The van der Waals surface area contributed by atoms with Crippen LogP contribution in [0.15, 0.2) is 54.6 Å². The molecule has 108 valence electrons. The Morgan fingerprint density at radius 3 is 2.33 bits per heavy atom. The molecule has 1 N–H and O–H groups in total. The third-order valence-electron chi connectivity index (χ3n) is 4.15. The zero-order valence-electron chi connectivity index (χ0n) is 12.2. The summed E-state index contributed by atoms with van der Waals surface area (Å²) >= 11 is 0. The van der Waals surface area contributed by atoms with E-state index < -0.39 is 0 Å². The van der Waals surface area contributed by atoms with Crippen molar-refractivity contribution >= 4 is 5.78 Å². The lowest BCUT2D eigenvalue weighted by molar-refractivity contribution is 0.0940. The van der Waals surface area contributed by atoms with Crippen molar-refractivity contribution in [1.29, 1.82) is 0 Å². The normalized spacial score (nSPS) is 19.0. The molecule has 1 heterocycles. The summed E-state index contributed by atoms with van der Waals surface area (Å²) in [5, 5.41) is 3.38. The lowest BCUT2D eigenvalue weighted by Gasteiger charge is -2.14. The van der Waals surface area contributed by atoms with E-state index in [0.29, 0.717) is 0 Å². The van der Waals surface area contributed by atoms with Gasteiger partial charge in [-0.05, 0) is 30.5 Å². The molecule has 2 heteroatoms. The van der Waals surface area contributed by atoms with Crippen molar-refractivity contribution in [2.24, 2.45) is 0 Å². The Bertz CT molecular complexity index is 581. The van der Waals surface area contributed by atoms with Crippen molar-refractivity contribution in [3.63, 3.8) is 0 Å². The van der Waals surface area contributed by atoms with Crippen LogP contribution in [-0.4, -0.2) is 18.4 Å². The number of nitrogens with one attached hydrogen (secondary N) is 1. The molecule has 0 aromatic heterocycles. The molecule has 0 aliphatic carbocycles. The molecule has 1 aliphatic heterocycles. The summed E-state index contributed by atoms with van der Waals surface area (Å²) in [6.45, 7) is 0.957. The van der Waals surface area contributed by atoms with Crippen molar-refractivity contribution < 1.29 is 4.79 Å². The highest BCUT2D eigenvalue weighted by Crippen LogP contribution is 2.20. The van der Waals surface area contributed by atoms with Gasteiger partial charge in [0.1, 0.15) is 0 Å².